The van der Waals surface area contributed by atoms with Gasteiger partial charge in [0.2, 0.25) is 0 Å². The van der Waals surface area contributed by atoms with Gasteiger partial charge in [0, 0.05) is 30.5 Å². The maximum absolute atomic E-state index is 12.3. The van der Waals surface area contributed by atoms with E-state index in [0.717, 1.165) is 37.3 Å². The molecule has 1 aliphatic heterocycles. The third kappa shape index (κ3) is 4.25. The number of hydrogen-bond acceptors (Lipinski definition) is 4. The molecule has 4 rings (SSSR count). The number of nitrogens with zero attached hydrogens (tertiary/aromatic N) is 4. The number of para-hydroxylation sites is 1. The molecule has 1 aliphatic rings. The molecule has 2 heterocycles. The molecule has 1 aromatic heterocycles. The molecule has 138 valence electrons. The van der Waals surface area contributed by atoms with Crippen LogP contribution in [-0.4, -0.2) is 40.2 Å². The lowest BCUT2D eigenvalue weighted by Crippen LogP contribution is -2.46. The quantitative estimate of drug-likeness (QED) is 0.748. The van der Waals surface area contributed by atoms with Crippen LogP contribution in [-0.2, 0) is 0 Å². The summed E-state index contributed by atoms with van der Waals surface area (Å²) >= 11 is 0. The molecule has 0 unspecified atom stereocenters. The minimum absolute atomic E-state index is 0.168. The molecule has 2 amide bonds. The van der Waals surface area contributed by atoms with E-state index < -0.39 is 0 Å². The Morgan fingerprint density at radius 3 is 2.22 bits per heavy atom. The third-order valence-electron chi connectivity index (χ3n) is 4.73. The van der Waals surface area contributed by atoms with E-state index in [0.29, 0.717) is 0 Å². The van der Waals surface area contributed by atoms with E-state index >= 15 is 0 Å². The van der Waals surface area contributed by atoms with E-state index in [1.54, 1.807) is 12.4 Å². The minimum atomic E-state index is -0.168. The number of nitrogens with one attached hydrogen (secondary N) is 2. The highest BCUT2D eigenvalue weighted by atomic mass is 16.2. The van der Waals surface area contributed by atoms with E-state index in [4.69, 9.17) is 0 Å². The van der Waals surface area contributed by atoms with Crippen molar-refractivity contribution in [1.29, 1.82) is 0 Å². The predicted octanol–water partition coefficient (Wildman–Crippen LogP) is 3.06. The molecule has 3 aromatic rings. The Balaban J connectivity index is 1.26. The van der Waals surface area contributed by atoms with Gasteiger partial charge in [-0.2, -0.15) is 15.0 Å². The first kappa shape index (κ1) is 17.1. The Labute approximate surface area is 158 Å². The predicted molar refractivity (Wildman–Crippen MR) is 105 cm³/mol. The first-order valence-corrected chi connectivity index (χ1v) is 9.12. The number of carbonyl (C=O) groups is 1. The second-order valence-electron chi connectivity index (χ2n) is 6.56. The summed E-state index contributed by atoms with van der Waals surface area (Å²) in [6, 6.07) is 17.8. The largest absolute Gasteiger partial charge is 0.371 e. The lowest BCUT2D eigenvalue weighted by Gasteiger charge is -2.33. The molecule has 1 fully saturated rings. The van der Waals surface area contributed by atoms with Crippen molar-refractivity contribution < 1.29 is 4.79 Å². The number of hydrogen-bond donors (Lipinski definition) is 2. The van der Waals surface area contributed by atoms with Crippen LogP contribution in [0.5, 0.6) is 0 Å². The molecule has 0 aliphatic carbocycles. The smallest absolute Gasteiger partial charge is 0.319 e. The van der Waals surface area contributed by atoms with Gasteiger partial charge in [-0.15, -0.1) is 0 Å². The Morgan fingerprint density at radius 2 is 1.56 bits per heavy atom. The van der Waals surface area contributed by atoms with Crippen molar-refractivity contribution >= 4 is 17.4 Å². The highest BCUT2D eigenvalue weighted by Gasteiger charge is 2.20. The Bertz CT molecular complexity index is 855. The first-order valence-electron chi connectivity index (χ1n) is 9.12. The van der Waals surface area contributed by atoms with Gasteiger partial charge >= 0.3 is 6.03 Å². The Kier molecular flexibility index (Phi) is 5.00. The number of urea groups is 1. The van der Waals surface area contributed by atoms with Crippen LogP contribution >= 0.6 is 0 Å². The van der Waals surface area contributed by atoms with Crippen molar-refractivity contribution in [2.75, 3.05) is 23.3 Å². The zero-order valence-electron chi connectivity index (χ0n) is 15.0. The Hall–Kier alpha value is -3.35. The van der Waals surface area contributed by atoms with Gasteiger partial charge in [-0.1, -0.05) is 18.2 Å². The zero-order valence-corrected chi connectivity index (χ0v) is 15.0. The van der Waals surface area contributed by atoms with Gasteiger partial charge in [0.05, 0.1) is 18.1 Å². The van der Waals surface area contributed by atoms with Crippen LogP contribution in [0.15, 0.2) is 67.0 Å². The summed E-state index contributed by atoms with van der Waals surface area (Å²) in [5, 5.41) is 14.1. The van der Waals surface area contributed by atoms with Gasteiger partial charge in [-0.3, -0.25) is 0 Å². The number of amides is 2. The molecular weight excluding hydrogens is 340 g/mol. The van der Waals surface area contributed by atoms with E-state index in [1.165, 1.54) is 10.5 Å². The first-order chi connectivity index (χ1) is 13.3. The van der Waals surface area contributed by atoms with Gasteiger partial charge in [0.1, 0.15) is 0 Å². The zero-order chi connectivity index (χ0) is 18.5. The maximum Gasteiger partial charge on any atom is 0.319 e. The fourth-order valence-electron chi connectivity index (χ4n) is 3.30. The summed E-state index contributed by atoms with van der Waals surface area (Å²) in [4.78, 5) is 16.2. The van der Waals surface area contributed by atoms with Crippen LogP contribution in [0.25, 0.3) is 5.69 Å². The van der Waals surface area contributed by atoms with Crippen LogP contribution in [0.3, 0.4) is 0 Å². The highest BCUT2D eigenvalue weighted by molar-refractivity contribution is 5.89. The number of benzene rings is 2. The van der Waals surface area contributed by atoms with Crippen molar-refractivity contribution in [3.05, 3.63) is 67.0 Å². The summed E-state index contributed by atoms with van der Waals surface area (Å²) < 4.78 is 0. The van der Waals surface area contributed by atoms with Gasteiger partial charge < -0.3 is 15.5 Å². The molecule has 2 aromatic carbocycles. The van der Waals surface area contributed by atoms with Crippen molar-refractivity contribution in [3.63, 3.8) is 0 Å². The molecule has 1 saturated heterocycles. The fourth-order valence-corrected chi connectivity index (χ4v) is 3.30. The fraction of sp³-hybridized carbons (Fsp3) is 0.250. The van der Waals surface area contributed by atoms with E-state index in [1.807, 2.05) is 30.3 Å². The second kappa shape index (κ2) is 7.90. The number of rotatable bonds is 4. The average molecular weight is 362 g/mol. The molecule has 0 spiro atoms. The molecule has 0 atom stereocenters. The second-order valence-corrected chi connectivity index (χ2v) is 6.56. The van der Waals surface area contributed by atoms with E-state index in [2.05, 4.69) is 50.0 Å². The minimum Gasteiger partial charge on any atom is -0.371 e. The molecule has 0 saturated carbocycles. The highest BCUT2D eigenvalue weighted by Crippen LogP contribution is 2.19. The maximum atomic E-state index is 12.3. The van der Waals surface area contributed by atoms with Crippen LogP contribution < -0.4 is 15.5 Å². The van der Waals surface area contributed by atoms with Gasteiger partial charge in [-0.25, -0.2) is 4.79 Å². The molecule has 27 heavy (non-hydrogen) atoms. The lowest BCUT2D eigenvalue weighted by molar-refractivity contribution is 0.246. The average Bonchev–Trinajstić information content (AvgIpc) is 3.25. The monoisotopic (exact) mass is 362 g/mol. The molecule has 7 heteroatoms. The third-order valence-corrected chi connectivity index (χ3v) is 4.73. The van der Waals surface area contributed by atoms with Gasteiger partial charge in [-0.05, 0) is 49.2 Å². The van der Waals surface area contributed by atoms with Crippen LogP contribution in [0.2, 0.25) is 0 Å². The van der Waals surface area contributed by atoms with Gasteiger partial charge in [0.25, 0.3) is 0 Å². The summed E-state index contributed by atoms with van der Waals surface area (Å²) in [5.41, 5.74) is 2.83. The van der Waals surface area contributed by atoms with Crippen LogP contribution in [0.4, 0.5) is 16.2 Å². The van der Waals surface area contributed by atoms with Crippen LogP contribution in [0.1, 0.15) is 12.8 Å². The summed E-state index contributed by atoms with van der Waals surface area (Å²) in [7, 11) is 0. The molecule has 0 bridgehead atoms. The van der Waals surface area contributed by atoms with E-state index in [9.17, 15) is 4.79 Å². The normalized spacial score (nSPS) is 14.7. The molecule has 2 N–H and O–H groups in total. The topological polar surface area (TPSA) is 75.1 Å². The van der Waals surface area contributed by atoms with Crippen molar-refractivity contribution in [2.24, 2.45) is 0 Å². The van der Waals surface area contributed by atoms with Crippen molar-refractivity contribution in [3.8, 4) is 5.69 Å². The SMILES string of the molecule is O=C(Nc1ccc(-n2nccn2)cc1)NC1CCN(c2ccccc2)CC1. The van der Waals surface area contributed by atoms with Crippen molar-refractivity contribution in [1.82, 2.24) is 20.3 Å². The number of piperidine rings is 1. The molecule has 7 nitrogen and oxygen atoms in total. The lowest BCUT2D eigenvalue weighted by atomic mass is 10.0. The number of anilines is 2. The summed E-state index contributed by atoms with van der Waals surface area (Å²) in [5.74, 6) is 0. The molecule has 0 radical (unpaired) electrons. The standard InChI is InChI=1S/C20H22N6O/c27-20(23-16-6-8-19(9-7-16)26-21-12-13-22-26)24-17-10-14-25(15-11-17)18-4-2-1-3-5-18/h1-9,12-13,17H,10-11,14-15H2,(H2,23,24,27). The van der Waals surface area contributed by atoms with Crippen LogP contribution in [0, 0.1) is 0 Å². The Morgan fingerprint density at radius 1 is 0.889 bits per heavy atom. The molecular formula is C20H22N6O. The number of aromatic nitrogens is 3. The van der Waals surface area contributed by atoms with Crippen molar-refractivity contribution in [2.45, 2.75) is 18.9 Å². The van der Waals surface area contributed by atoms with E-state index in [-0.39, 0.29) is 12.1 Å². The summed E-state index contributed by atoms with van der Waals surface area (Å²) in [6.45, 7) is 1.89. The number of carbonyl (C=O) groups excluding carboxylic acids is 1. The summed E-state index contributed by atoms with van der Waals surface area (Å²) in [6.07, 6.45) is 5.13. The van der Waals surface area contributed by atoms with Gasteiger partial charge in [0.15, 0.2) is 0 Å².